The van der Waals surface area contributed by atoms with Crippen LogP contribution in [0.2, 0.25) is 0 Å². The maximum absolute atomic E-state index is 12.8. The topological polar surface area (TPSA) is 126 Å². The first-order valence-electron chi connectivity index (χ1n) is 11.5. The number of rotatable bonds is 8. The van der Waals surface area contributed by atoms with Gasteiger partial charge in [-0.1, -0.05) is 29.8 Å². The first-order valence-corrected chi connectivity index (χ1v) is 14.6. The molecule has 36 heavy (non-hydrogen) atoms. The number of aromatic nitrogens is 1. The van der Waals surface area contributed by atoms with E-state index >= 15 is 0 Å². The quantitative estimate of drug-likeness (QED) is 0.462. The molecule has 1 aromatic heterocycles. The minimum atomic E-state index is -3.79. The Balaban J connectivity index is 1.31. The zero-order valence-corrected chi connectivity index (χ0v) is 21.4. The summed E-state index contributed by atoms with van der Waals surface area (Å²) in [5, 5.41) is 2.81. The fraction of sp³-hybridized carbons (Fsp3) is 0.280. The number of anilines is 2. The summed E-state index contributed by atoms with van der Waals surface area (Å²) in [6.07, 6.45) is 3.79. The van der Waals surface area contributed by atoms with E-state index in [0.29, 0.717) is 24.2 Å². The number of nitrogens with zero attached hydrogens (tertiary/aromatic N) is 2. The minimum absolute atomic E-state index is 0.0523. The Bertz CT molecular complexity index is 1420. The third-order valence-corrected chi connectivity index (χ3v) is 9.24. The summed E-state index contributed by atoms with van der Waals surface area (Å²) in [7, 11) is -7.26. The lowest BCUT2D eigenvalue weighted by atomic mass is 9.97. The normalized spacial score (nSPS) is 15.4. The highest BCUT2D eigenvalue weighted by Gasteiger charge is 2.31. The fourth-order valence-corrected chi connectivity index (χ4v) is 6.69. The molecule has 9 nitrogen and oxygen atoms in total. The molecule has 190 valence electrons. The standard InChI is InChI=1S/C25H28N4O5S2/c1-19-4-2-5-20(16-19)18-35(31,32)29-14-11-21(12-15-29)25(30)27-22-7-9-24(10-8-22)36(33,34)28-23-6-3-13-26-17-23/h2-10,13,16-17,21,28H,11-12,14-15,18H2,1H3,(H,27,30). The number of aryl methyl sites for hydroxylation is 1. The molecule has 0 saturated carbocycles. The molecule has 11 heteroatoms. The van der Waals surface area contributed by atoms with Gasteiger partial charge in [0, 0.05) is 30.9 Å². The predicted molar refractivity (Wildman–Crippen MR) is 138 cm³/mol. The molecule has 0 radical (unpaired) electrons. The van der Waals surface area contributed by atoms with Crippen LogP contribution in [-0.4, -0.2) is 45.1 Å². The number of benzene rings is 2. The lowest BCUT2D eigenvalue weighted by Crippen LogP contribution is -2.41. The molecule has 0 bridgehead atoms. The summed E-state index contributed by atoms with van der Waals surface area (Å²) in [6.45, 7) is 2.49. The summed E-state index contributed by atoms with van der Waals surface area (Å²) in [6, 6.07) is 16.5. The third-order valence-electron chi connectivity index (χ3n) is 6.00. The van der Waals surface area contributed by atoms with Crippen molar-refractivity contribution >= 4 is 37.3 Å². The van der Waals surface area contributed by atoms with E-state index < -0.39 is 20.0 Å². The number of piperidine rings is 1. The average molecular weight is 529 g/mol. The molecule has 2 heterocycles. The van der Waals surface area contributed by atoms with Crippen molar-refractivity contribution in [2.24, 2.45) is 5.92 Å². The van der Waals surface area contributed by atoms with Gasteiger partial charge < -0.3 is 5.32 Å². The fourth-order valence-electron chi connectivity index (χ4n) is 4.10. The number of hydrogen-bond acceptors (Lipinski definition) is 6. The summed E-state index contributed by atoms with van der Waals surface area (Å²) in [5.41, 5.74) is 2.57. The highest BCUT2D eigenvalue weighted by atomic mass is 32.2. The van der Waals surface area contributed by atoms with Gasteiger partial charge in [-0.25, -0.2) is 21.1 Å². The number of amides is 1. The molecule has 4 rings (SSSR count). The molecule has 2 aromatic carbocycles. The maximum Gasteiger partial charge on any atom is 0.261 e. The molecule has 3 aromatic rings. The van der Waals surface area contributed by atoms with Crippen LogP contribution in [-0.2, 0) is 30.6 Å². The number of carbonyl (C=O) groups is 1. The highest BCUT2D eigenvalue weighted by molar-refractivity contribution is 7.92. The van der Waals surface area contributed by atoms with Gasteiger partial charge in [-0.05, 0) is 61.7 Å². The second kappa shape index (κ2) is 10.8. The van der Waals surface area contributed by atoms with Crippen molar-refractivity contribution in [2.75, 3.05) is 23.1 Å². The van der Waals surface area contributed by atoms with Gasteiger partial charge in [-0.3, -0.25) is 14.5 Å². The van der Waals surface area contributed by atoms with Crippen molar-refractivity contribution in [1.82, 2.24) is 9.29 Å². The summed E-state index contributed by atoms with van der Waals surface area (Å²) < 4.78 is 54.7. The number of sulfonamides is 2. The second-order valence-electron chi connectivity index (χ2n) is 8.78. The number of nitrogens with one attached hydrogen (secondary N) is 2. The lowest BCUT2D eigenvalue weighted by Gasteiger charge is -2.30. The number of pyridine rings is 1. The third kappa shape index (κ3) is 6.48. The van der Waals surface area contributed by atoms with Crippen LogP contribution in [0.4, 0.5) is 11.4 Å². The lowest BCUT2D eigenvalue weighted by molar-refractivity contribution is -0.120. The Labute approximate surface area is 211 Å². The van der Waals surface area contributed by atoms with Crippen LogP contribution in [0.3, 0.4) is 0 Å². The average Bonchev–Trinajstić information content (AvgIpc) is 2.84. The van der Waals surface area contributed by atoms with Gasteiger partial charge in [0.25, 0.3) is 10.0 Å². The highest BCUT2D eigenvalue weighted by Crippen LogP contribution is 2.24. The van der Waals surface area contributed by atoms with Crippen molar-refractivity contribution in [2.45, 2.75) is 30.4 Å². The van der Waals surface area contributed by atoms with Gasteiger partial charge in [0.05, 0.1) is 22.5 Å². The van der Waals surface area contributed by atoms with Crippen LogP contribution in [0.15, 0.2) is 78.0 Å². The molecule has 1 aliphatic rings. The smallest absolute Gasteiger partial charge is 0.261 e. The van der Waals surface area contributed by atoms with Gasteiger partial charge >= 0.3 is 0 Å². The maximum atomic E-state index is 12.8. The Kier molecular flexibility index (Phi) is 7.72. The first kappa shape index (κ1) is 25.8. The molecular formula is C25H28N4O5S2. The minimum Gasteiger partial charge on any atom is -0.326 e. The van der Waals surface area contributed by atoms with Crippen LogP contribution >= 0.6 is 0 Å². The van der Waals surface area contributed by atoms with E-state index in [-0.39, 0.29) is 35.6 Å². The second-order valence-corrected chi connectivity index (χ2v) is 12.4. The molecule has 1 fully saturated rings. The van der Waals surface area contributed by atoms with E-state index in [4.69, 9.17) is 0 Å². The van der Waals surface area contributed by atoms with E-state index in [9.17, 15) is 21.6 Å². The van der Waals surface area contributed by atoms with Crippen molar-refractivity contribution in [3.63, 3.8) is 0 Å². The SMILES string of the molecule is Cc1cccc(CS(=O)(=O)N2CCC(C(=O)Nc3ccc(S(=O)(=O)Nc4cccnc4)cc3)CC2)c1. The van der Waals surface area contributed by atoms with E-state index in [2.05, 4.69) is 15.0 Å². The Hall–Kier alpha value is -3.28. The van der Waals surface area contributed by atoms with Gasteiger partial charge in [0.1, 0.15) is 0 Å². The molecule has 0 atom stereocenters. The summed E-state index contributed by atoms with van der Waals surface area (Å²) in [4.78, 5) is 16.7. The number of carbonyl (C=O) groups excluding carboxylic acids is 1. The van der Waals surface area contributed by atoms with E-state index in [1.165, 1.54) is 34.8 Å². The zero-order chi connectivity index (χ0) is 25.8. The van der Waals surface area contributed by atoms with Crippen LogP contribution in [0.1, 0.15) is 24.0 Å². The molecule has 1 aliphatic heterocycles. The van der Waals surface area contributed by atoms with Gasteiger partial charge in [0.2, 0.25) is 15.9 Å². The van der Waals surface area contributed by atoms with Crippen molar-refractivity contribution in [1.29, 1.82) is 0 Å². The van der Waals surface area contributed by atoms with Crippen LogP contribution in [0.5, 0.6) is 0 Å². The largest absolute Gasteiger partial charge is 0.326 e. The molecule has 0 spiro atoms. The monoisotopic (exact) mass is 528 g/mol. The molecular weight excluding hydrogens is 500 g/mol. The zero-order valence-electron chi connectivity index (χ0n) is 19.8. The van der Waals surface area contributed by atoms with Crippen LogP contribution < -0.4 is 10.0 Å². The molecule has 1 amide bonds. The molecule has 0 aliphatic carbocycles. The summed E-state index contributed by atoms with van der Waals surface area (Å²) in [5.74, 6) is -0.600. The van der Waals surface area contributed by atoms with Gasteiger partial charge in [-0.2, -0.15) is 0 Å². The van der Waals surface area contributed by atoms with Crippen LogP contribution in [0, 0.1) is 12.8 Å². The van der Waals surface area contributed by atoms with Crippen molar-refractivity contribution in [3.8, 4) is 0 Å². The first-order chi connectivity index (χ1) is 17.1. The predicted octanol–water partition coefficient (Wildman–Crippen LogP) is 3.37. The van der Waals surface area contributed by atoms with E-state index in [1.54, 1.807) is 24.4 Å². The Morgan fingerprint density at radius 2 is 1.69 bits per heavy atom. The van der Waals surface area contributed by atoms with Crippen molar-refractivity contribution in [3.05, 3.63) is 84.2 Å². The Morgan fingerprint density at radius 3 is 2.33 bits per heavy atom. The number of hydrogen-bond donors (Lipinski definition) is 2. The Morgan fingerprint density at radius 1 is 0.972 bits per heavy atom. The molecule has 2 N–H and O–H groups in total. The van der Waals surface area contributed by atoms with Crippen molar-refractivity contribution < 1.29 is 21.6 Å². The van der Waals surface area contributed by atoms with Crippen LogP contribution in [0.25, 0.3) is 0 Å². The molecule has 0 unspecified atom stereocenters. The van der Waals surface area contributed by atoms with Gasteiger partial charge in [0.15, 0.2) is 0 Å². The van der Waals surface area contributed by atoms with Gasteiger partial charge in [-0.15, -0.1) is 0 Å². The van der Waals surface area contributed by atoms with E-state index in [1.807, 2.05) is 25.1 Å². The summed E-state index contributed by atoms with van der Waals surface area (Å²) >= 11 is 0. The van der Waals surface area contributed by atoms with E-state index in [0.717, 1.165) is 11.1 Å². The molecule has 1 saturated heterocycles.